The Morgan fingerprint density at radius 1 is 0.605 bits per heavy atom. The molecule has 1 aliphatic rings. The summed E-state index contributed by atoms with van der Waals surface area (Å²) >= 11 is 0. The van der Waals surface area contributed by atoms with Gasteiger partial charge in [0, 0.05) is 25.8 Å². The van der Waals surface area contributed by atoms with Crippen LogP contribution >= 0.6 is 0 Å². The summed E-state index contributed by atoms with van der Waals surface area (Å²) < 4.78 is 0. The van der Waals surface area contributed by atoms with E-state index in [0.29, 0.717) is 17.5 Å². The van der Waals surface area contributed by atoms with Gasteiger partial charge in [-0.3, -0.25) is 52.7 Å². The highest BCUT2D eigenvalue weighted by molar-refractivity contribution is 5.99. The Morgan fingerprint density at radius 3 is 1.55 bits per heavy atom. The second kappa shape index (κ2) is 29.5. The number of hydrogen-bond donors (Lipinski definition) is 15. The molecule has 0 saturated carbocycles. The largest absolute Gasteiger partial charge is 0.508 e. The predicted octanol–water partition coefficient (Wildman–Crippen LogP) is -4.05. The summed E-state index contributed by atoms with van der Waals surface area (Å²) in [5, 5.41) is 74.6. The molecule has 3 rings (SSSR count). The van der Waals surface area contributed by atoms with Gasteiger partial charge in [0.1, 0.15) is 59.8 Å². The number of phenols is 2. The molecule has 0 unspecified atom stereocenters. The topological polar surface area (TPSA) is 466 Å². The minimum Gasteiger partial charge on any atom is -0.508 e. The number of carbonyl (C=O) groups excluding carboxylic acids is 9. The standard InChI is InChI=1S/C48H66N10O18/c1-4-23(2)39(57-41(68)29(49)20-38(65)66)46(73)55-33(21-36(50)62)44(71)54-32(19-26-9-13-28(61)14-10-26)43(70)53-31(18-25-7-11-27(60)12-8-25)42(69)51-24(3)40(67)56-34(22-59)45(72)52-30(15-16-37(63)64)47(74)58-17-5-6-35(58)48(75)76/h7-14,23-24,29-35,39,59-61H,4-6,15-22,49H2,1-3H3,(H2,50,62)(H,51,69)(H,52,72)(H,53,70)(H,54,71)(H,55,73)(H,56,67)(H,57,68)(H,63,64)(H,65,66)(H,75,76)/t23-,24-,29-,30-,31-,32-,33-,34-,35-,39-/m0/s1. The van der Waals surface area contributed by atoms with E-state index in [9.17, 15) is 83.1 Å². The molecule has 0 aromatic heterocycles. The molecule has 0 radical (unpaired) electrons. The number of nitrogens with two attached hydrogens (primary N) is 2. The first-order chi connectivity index (χ1) is 35.7. The van der Waals surface area contributed by atoms with Crippen molar-refractivity contribution in [3.8, 4) is 11.5 Å². The van der Waals surface area contributed by atoms with Crippen LogP contribution in [0.5, 0.6) is 11.5 Å². The number of phenolic OH excluding ortho intramolecular Hbond substituents is 2. The maximum Gasteiger partial charge on any atom is 0.326 e. The van der Waals surface area contributed by atoms with Crippen molar-refractivity contribution in [2.75, 3.05) is 13.2 Å². The summed E-state index contributed by atoms with van der Waals surface area (Å²) in [6.07, 6.45) is -2.72. The van der Waals surface area contributed by atoms with Crippen molar-refractivity contribution < 1.29 is 88.2 Å². The number of amides is 9. The third-order valence-corrected chi connectivity index (χ3v) is 12.2. The molecule has 1 heterocycles. The van der Waals surface area contributed by atoms with Crippen LogP contribution in [0.4, 0.5) is 0 Å². The van der Waals surface area contributed by atoms with E-state index in [1.165, 1.54) is 55.5 Å². The number of benzene rings is 2. The quantitative estimate of drug-likeness (QED) is 0.0354. The number of nitrogens with zero attached hydrogens (tertiary/aromatic N) is 1. The van der Waals surface area contributed by atoms with E-state index in [1.807, 2.05) is 0 Å². The van der Waals surface area contributed by atoms with E-state index in [1.54, 1.807) is 13.8 Å². The van der Waals surface area contributed by atoms with Gasteiger partial charge >= 0.3 is 17.9 Å². The molecule has 2 aromatic rings. The SMILES string of the molecule is CC[C@H](C)[C@H](NC(=O)[C@@H](N)CC(=O)O)C(=O)N[C@@H](CC(N)=O)C(=O)N[C@@H](Cc1ccc(O)cc1)C(=O)N[C@@H](Cc1ccc(O)cc1)C(=O)N[C@@H](C)C(=O)N[C@@H](CO)C(=O)N[C@@H](CCC(=O)O)C(=O)N1CCC[C@H]1C(=O)O. The van der Waals surface area contributed by atoms with Gasteiger partial charge in [-0.05, 0) is 67.5 Å². The molecule has 17 N–H and O–H groups in total. The highest BCUT2D eigenvalue weighted by Crippen LogP contribution is 2.20. The summed E-state index contributed by atoms with van der Waals surface area (Å²) in [4.78, 5) is 157. The normalized spacial score (nSPS) is 16.5. The first kappa shape index (κ1) is 61.9. The van der Waals surface area contributed by atoms with E-state index in [-0.39, 0.29) is 43.7 Å². The van der Waals surface area contributed by atoms with Crippen LogP contribution in [0.15, 0.2) is 48.5 Å². The third-order valence-electron chi connectivity index (χ3n) is 12.2. The lowest BCUT2D eigenvalue weighted by Crippen LogP contribution is -2.61. The van der Waals surface area contributed by atoms with E-state index in [0.717, 1.165) is 4.90 Å². The van der Waals surface area contributed by atoms with Gasteiger partial charge in [-0.25, -0.2) is 4.79 Å². The zero-order valence-electron chi connectivity index (χ0n) is 41.9. The zero-order chi connectivity index (χ0) is 57.0. The number of carbonyl (C=O) groups is 12. The molecule has 0 bridgehead atoms. The first-order valence-electron chi connectivity index (χ1n) is 24.0. The highest BCUT2D eigenvalue weighted by Gasteiger charge is 2.39. The maximum atomic E-state index is 14.4. The second-order valence-corrected chi connectivity index (χ2v) is 18.2. The number of aliphatic carboxylic acids is 3. The summed E-state index contributed by atoms with van der Waals surface area (Å²) in [6.45, 7) is 3.32. The van der Waals surface area contributed by atoms with Gasteiger partial charge in [0.25, 0.3) is 0 Å². The van der Waals surface area contributed by atoms with Crippen LogP contribution in [0.25, 0.3) is 0 Å². The number of primary amides is 1. The molecule has 1 fully saturated rings. The van der Waals surface area contributed by atoms with Crippen LogP contribution in [-0.4, -0.2) is 174 Å². The average Bonchev–Trinajstić information content (AvgIpc) is 3.86. The molecule has 1 saturated heterocycles. The smallest absolute Gasteiger partial charge is 0.326 e. The minimum absolute atomic E-state index is 0.00492. The van der Waals surface area contributed by atoms with Crippen molar-refractivity contribution in [2.45, 2.75) is 133 Å². The number of rotatable bonds is 30. The molecule has 0 spiro atoms. The number of aliphatic hydroxyl groups excluding tert-OH is 1. The molecule has 9 amide bonds. The lowest BCUT2D eigenvalue weighted by Gasteiger charge is -2.29. The third kappa shape index (κ3) is 19.5. The number of aromatic hydroxyl groups is 2. The van der Waals surface area contributed by atoms with Gasteiger partial charge in [0.15, 0.2) is 0 Å². The van der Waals surface area contributed by atoms with Gasteiger partial charge < -0.3 is 84.2 Å². The van der Waals surface area contributed by atoms with Crippen LogP contribution in [0.3, 0.4) is 0 Å². The Bertz CT molecular complexity index is 2440. The number of carboxylic acid groups (broad SMARTS) is 3. The van der Waals surface area contributed by atoms with Crippen molar-refractivity contribution in [3.63, 3.8) is 0 Å². The predicted molar refractivity (Wildman–Crippen MR) is 263 cm³/mol. The van der Waals surface area contributed by atoms with Crippen molar-refractivity contribution in [3.05, 3.63) is 59.7 Å². The van der Waals surface area contributed by atoms with Crippen LogP contribution in [0, 0.1) is 5.92 Å². The van der Waals surface area contributed by atoms with E-state index < -0.39 is 164 Å². The Balaban J connectivity index is 1.91. The highest BCUT2D eigenvalue weighted by atomic mass is 16.4. The number of carboxylic acids is 3. The number of hydrogen-bond acceptors (Lipinski definition) is 16. The fourth-order valence-electron chi connectivity index (χ4n) is 7.77. The van der Waals surface area contributed by atoms with Crippen LogP contribution < -0.4 is 48.7 Å². The maximum absolute atomic E-state index is 14.4. The van der Waals surface area contributed by atoms with Gasteiger partial charge in [0.2, 0.25) is 53.2 Å². The van der Waals surface area contributed by atoms with E-state index >= 15 is 0 Å². The molecule has 28 heteroatoms. The van der Waals surface area contributed by atoms with Gasteiger partial charge in [-0.1, -0.05) is 44.5 Å². The van der Waals surface area contributed by atoms with Crippen molar-refractivity contribution in [1.29, 1.82) is 0 Å². The molecular formula is C48H66N10O18. The molecule has 2 aromatic carbocycles. The lowest BCUT2D eigenvalue weighted by atomic mass is 9.97. The zero-order valence-corrected chi connectivity index (χ0v) is 41.9. The fraction of sp³-hybridized carbons (Fsp3) is 0.500. The molecule has 1 aliphatic heterocycles. The van der Waals surface area contributed by atoms with Gasteiger partial charge in [0.05, 0.1) is 25.5 Å². The molecule has 416 valence electrons. The molecular weight excluding hydrogens is 1000 g/mol. The summed E-state index contributed by atoms with van der Waals surface area (Å²) in [7, 11) is 0. The van der Waals surface area contributed by atoms with Gasteiger partial charge in [-0.2, -0.15) is 0 Å². The Labute approximate surface area is 435 Å². The van der Waals surface area contributed by atoms with E-state index in [4.69, 9.17) is 16.6 Å². The van der Waals surface area contributed by atoms with Gasteiger partial charge in [-0.15, -0.1) is 0 Å². The Kier molecular flexibility index (Phi) is 24.0. The monoisotopic (exact) mass is 1070 g/mol. The van der Waals surface area contributed by atoms with Crippen molar-refractivity contribution >= 4 is 71.1 Å². The fourth-order valence-corrected chi connectivity index (χ4v) is 7.77. The second-order valence-electron chi connectivity index (χ2n) is 18.2. The number of likely N-dealkylation sites (tertiary alicyclic amines) is 1. The Hall–Kier alpha value is -8.40. The van der Waals surface area contributed by atoms with Crippen LogP contribution in [0.2, 0.25) is 0 Å². The average molecular weight is 1070 g/mol. The summed E-state index contributed by atoms with van der Waals surface area (Å²) in [6, 6.07) is -3.51. The first-order valence-corrected chi connectivity index (χ1v) is 24.0. The van der Waals surface area contributed by atoms with Crippen molar-refractivity contribution in [2.24, 2.45) is 17.4 Å². The lowest BCUT2D eigenvalue weighted by molar-refractivity contribution is -0.150. The molecule has 76 heavy (non-hydrogen) atoms. The molecule has 28 nitrogen and oxygen atoms in total. The minimum atomic E-state index is -1.80. The number of aliphatic hydroxyl groups is 1. The van der Waals surface area contributed by atoms with E-state index in [2.05, 4.69) is 37.2 Å². The molecule has 10 atom stereocenters. The summed E-state index contributed by atoms with van der Waals surface area (Å²) in [5.41, 5.74) is 11.8. The van der Waals surface area contributed by atoms with Crippen LogP contribution in [-0.2, 0) is 70.4 Å². The van der Waals surface area contributed by atoms with Crippen molar-refractivity contribution in [1.82, 2.24) is 42.1 Å². The summed E-state index contributed by atoms with van der Waals surface area (Å²) in [5.74, 6) is -14.5. The molecule has 0 aliphatic carbocycles. The Morgan fingerprint density at radius 2 is 1.08 bits per heavy atom. The van der Waals surface area contributed by atoms with Crippen LogP contribution in [0.1, 0.15) is 76.8 Å². The number of nitrogens with one attached hydrogen (secondary N) is 7.